The smallest absolute Gasteiger partial charge is 0.330 e. The number of hydrogen-bond donors (Lipinski definition) is 0. The van der Waals surface area contributed by atoms with Crippen molar-refractivity contribution >= 4 is 23.7 Å². The SMILES string of the molecule is C=CC(=O)O[C@H]1C[C@@H](C(=O)OC)[C@]2(C)CC[C@H]3C(=O)O[C@H](c4ccoc4)C[C@]3(C)[C@H]2C1=O. The topological polar surface area (TPSA) is 109 Å². The van der Waals surface area contributed by atoms with E-state index in [1.807, 2.05) is 13.8 Å². The molecule has 0 radical (unpaired) electrons. The predicted octanol–water partition coefficient (Wildman–Crippen LogP) is 3.17. The van der Waals surface area contributed by atoms with Gasteiger partial charge in [-0.2, -0.15) is 0 Å². The van der Waals surface area contributed by atoms with Crippen molar-refractivity contribution < 1.29 is 37.8 Å². The third-order valence-electron chi connectivity index (χ3n) is 7.93. The van der Waals surface area contributed by atoms with E-state index >= 15 is 0 Å². The maximum absolute atomic E-state index is 13.8. The van der Waals surface area contributed by atoms with Crippen molar-refractivity contribution in [3.63, 3.8) is 0 Å². The number of ether oxygens (including phenoxy) is 3. The molecule has 2 heterocycles. The minimum Gasteiger partial charge on any atom is -0.472 e. The molecule has 0 N–H and O–H groups in total. The number of ketones is 1. The molecule has 7 atom stereocenters. The van der Waals surface area contributed by atoms with E-state index in [-0.39, 0.29) is 18.2 Å². The van der Waals surface area contributed by atoms with Crippen LogP contribution in [-0.2, 0) is 33.4 Å². The fourth-order valence-corrected chi connectivity index (χ4v) is 6.45. The van der Waals surface area contributed by atoms with Crippen LogP contribution in [0.2, 0.25) is 0 Å². The summed E-state index contributed by atoms with van der Waals surface area (Å²) in [7, 11) is 1.31. The monoisotopic (exact) mass is 444 g/mol. The number of carbonyl (C=O) groups is 4. The van der Waals surface area contributed by atoms with Crippen molar-refractivity contribution in [2.45, 2.75) is 51.7 Å². The molecule has 3 aliphatic rings. The zero-order valence-corrected chi connectivity index (χ0v) is 18.5. The average molecular weight is 444 g/mol. The Morgan fingerprint density at radius 3 is 2.62 bits per heavy atom. The average Bonchev–Trinajstić information content (AvgIpc) is 3.29. The summed E-state index contributed by atoms with van der Waals surface area (Å²) in [6, 6.07) is 1.73. The number of cyclic esters (lactones) is 1. The van der Waals surface area contributed by atoms with Gasteiger partial charge in [-0.15, -0.1) is 0 Å². The summed E-state index contributed by atoms with van der Waals surface area (Å²) in [5, 5.41) is 0. The van der Waals surface area contributed by atoms with Crippen LogP contribution in [0.3, 0.4) is 0 Å². The van der Waals surface area contributed by atoms with Crippen LogP contribution in [0.1, 0.15) is 51.2 Å². The van der Waals surface area contributed by atoms with Crippen molar-refractivity contribution in [2.24, 2.45) is 28.6 Å². The van der Waals surface area contributed by atoms with Gasteiger partial charge in [0.2, 0.25) is 0 Å². The molecule has 172 valence electrons. The van der Waals surface area contributed by atoms with Crippen molar-refractivity contribution in [2.75, 3.05) is 7.11 Å². The molecule has 0 spiro atoms. The van der Waals surface area contributed by atoms with Crippen molar-refractivity contribution in [3.8, 4) is 0 Å². The van der Waals surface area contributed by atoms with E-state index in [0.717, 1.165) is 6.08 Å². The summed E-state index contributed by atoms with van der Waals surface area (Å²) in [5.74, 6) is -3.66. The predicted molar refractivity (Wildman–Crippen MR) is 110 cm³/mol. The van der Waals surface area contributed by atoms with E-state index in [2.05, 4.69) is 6.58 Å². The summed E-state index contributed by atoms with van der Waals surface area (Å²) in [6.45, 7) is 7.22. The number of hydrogen-bond acceptors (Lipinski definition) is 8. The minimum atomic E-state index is -1.11. The van der Waals surface area contributed by atoms with Gasteiger partial charge in [-0.25, -0.2) is 4.79 Å². The van der Waals surface area contributed by atoms with E-state index in [0.29, 0.717) is 24.8 Å². The van der Waals surface area contributed by atoms with E-state index in [1.54, 1.807) is 6.07 Å². The summed E-state index contributed by atoms with van der Waals surface area (Å²) < 4.78 is 21.3. The van der Waals surface area contributed by atoms with Crippen LogP contribution in [0, 0.1) is 28.6 Å². The minimum absolute atomic E-state index is 0.0500. The second-order valence-electron chi connectivity index (χ2n) is 9.57. The molecule has 0 aromatic carbocycles. The molecule has 1 aliphatic heterocycles. The lowest BCUT2D eigenvalue weighted by Crippen LogP contribution is -2.64. The third-order valence-corrected chi connectivity index (χ3v) is 7.93. The quantitative estimate of drug-likeness (QED) is 0.396. The molecule has 8 nitrogen and oxygen atoms in total. The molecule has 32 heavy (non-hydrogen) atoms. The molecule has 3 fully saturated rings. The van der Waals surface area contributed by atoms with Gasteiger partial charge in [0.05, 0.1) is 31.5 Å². The van der Waals surface area contributed by atoms with Gasteiger partial charge >= 0.3 is 17.9 Å². The fourth-order valence-electron chi connectivity index (χ4n) is 6.45. The summed E-state index contributed by atoms with van der Waals surface area (Å²) in [5.41, 5.74) is -0.828. The van der Waals surface area contributed by atoms with Gasteiger partial charge in [0, 0.05) is 24.0 Å². The number of fused-ring (bicyclic) bond motifs is 3. The molecule has 1 aromatic heterocycles. The molecular weight excluding hydrogens is 416 g/mol. The Labute approximate surface area is 186 Å². The van der Waals surface area contributed by atoms with Crippen LogP contribution in [-0.4, -0.2) is 36.9 Å². The molecule has 2 aliphatic carbocycles. The maximum Gasteiger partial charge on any atom is 0.330 e. The van der Waals surface area contributed by atoms with Crippen LogP contribution in [0.25, 0.3) is 0 Å². The Balaban J connectivity index is 1.79. The lowest BCUT2D eigenvalue weighted by molar-refractivity contribution is -0.210. The second-order valence-corrected chi connectivity index (χ2v) is 9.57. The molecule has 0 bridgehead atoms. The highest BCUT2D eigenvalue weighted by Crippen LogP contribution is 2.65. The Morgan fingerprint density at radius 1 is 1.25 bits per heavy atom. The summed E-state index contributed by atoms with van der Waals surface area (Å²) in [6.07, 6.45) is 3.78. The number of rotatable bonds is 4. The highest BCUT2D eigenvalue weighted by atomic mass is 16.6. The Hall–Kier alpha value is -2.90. The zero-order valence-electron chi connectivity index (χ0n) is 18.5. The number of carbonyl (C=O) groups excluding carboxylic acids is 4. The maximum atomic E-state index is 13.8. The third kappa shape index (κ3) is 3.27. The van der Waals surface area contributed by atoms with Crippen LogP contribution in [0.4, 0.5) is 0 Å². The summed E-state index contributed by atoms with van der Waals surface area (Å²) >= 11 is 0. The lowest BCUT2D eigenvalue weighted by Gasteiger charge is -2.60. The number of esters is 3. The van der Waals surface area contributed by atoms with E-state index < -0.39 is 52.7 Å². The van der Waals surface area contributed by atoms with Gasteiger partial charge in [0.1, 0.15) is 6.10 Å². The molecule has 1 aromatic rings. The molecular formula is C24H28O8. The van der Waals surface area contributed by atoms with Crippen LogP contribution >= 0.6 is 0 Å². The number of Topliss-reactive ketones (excluding diaryl/α,β-unsaturated/α-hetero) is 1. The highest BCUT2D eigenvalue weighted by Gasteiger charge is 2.67. The van der Waals surface area contributed by atoms with Gasteiger partial charge in [-0.1, -0.05) is 20.4 Å². The Kier molecular flexibility index (Phi) is 5.51. The Morgan fingerprint density at radius 2 is 2.00 bits per heavy atom. The first-order chi connectivity index (χ1) is 15.2. The van der Waals surface area contributed by atoms with Crippen LogP contribution in [0.15, 0.2) is 35.7 Å². The molecule has 8 heteroatoms. The van der Waals surface area contributed by atoms with Crippen molar-refractivity contribution in [3.05, 3.63) is 36.8 Å². The van der Waals surface area contributed by atoms with Crippen LogP contribution < -0.4 is 0 Å². The first kappa shape index (κ1) is 22.3. The normalized spacial score (nSPS) is 38.7. The molecule has 2 saturated carbocycles. The number of methoxy groups -OCH3 is 1. The van der Waals surface area contributed by atoms with E-state index in [9.17, 15) is 19.2 Å². The van der Waals surface area contributed by atoms with Gasteiger partial charge in [0.15, 0.2) is 11.9 Å². The zero-order chi connectivity index (χ0) is 23.3. The molecule has 0 amide bonds. The van der Waals surface area contributed by atoms with Gasteiger partial charge in [-0.05, 0) is 36.2 Å². The van der Waals surface area contributed by atoms with Crippen LogP contribution in [0.5, 0.6) is 0 Å². The first-order valence-electron chi connectivity index (χ1n) is 10.8. The van der Waals surface area contributed by atoms with Gasteiger partial charge in [0.25, 0.3) is 0 Å². The highest BCUT2D eigenvalue weighted by molar-refractivity contribution is 5.94. The van der Waals surface area contributed by atoms with Gasteiger partial charge in [-0.3, -0.25) is 14.4 Å². The second kappa shape index (κ2) is 7.90. The standard InChI is InChI=1S/C24H28O8/c1-5-18(25)31-16-10-15(21(27)29-4)23(2)8-6-14-22(28)32-17(13-7-9-30-12-13)11-24(14,3)20(23)19(16)26/h5,7,9,12,14-17,20H,1,6,8,10-11H2,2-4H3/t14-,15-,16-,17-,20-,23-,24-/m0/s1. The van der Waals surface area contributed by atoms with Crippen molar-refractivity contribution in [1.29, 1.82) is 0 Å². The molecule has 0 unspecified atom stereocenters. The summed E-state index contributed by atoms with van der Waals surface area (Å²) in [4.78, 5) is 51.6. The molecule has 1 saturated heterocycles. The number of furan rings is 1. The Bertz CT molecular complexity index is 949. The van der Waals surface area contributed by atoms with E-state index in [4.69, 9.17) is 18.6 Å². The van der Waals surface area contributed by atoms with Gasteiger partial charge < -0.3 is 18.6 Å². The fraction of sp³-hybridized carbons (Fsp3) is 0.583. The first-order valence-corrected chi connectivity index (χ1v) is 10.8. The largest absolute Gasteiger partial charge is 0.472 e. The van der Waals surface area contributed by atoms with Crippen molar-refractivity contribution in [1.82, 2.24) is 0 Å². The molecule has 4 rings (SSSR count). The van der Waals surface area contributed by atoms with E-state index in [1.165, 1.54) is 19.6 Å². The lowest BCUT2D eigenvalue weighted by atomic mass is 9.43.